The van der Waals surface area contributed by atoms with Crippen LogP contribution in [0.4, 0.5) is 4.79 Å². The summed E-state index contributed by atoms with van der Waals surface area (Å²) < 4.78 is 5.49. The van der Waals surface area contributed by atoms with Crippen LogP contribution in [0.3, 0.4) is 0 Å². The van der Waals surface area contributed by atoms with Gasteiger partial charge in [0, 0.05) is 71.9 Å². The van der Waals surface area contributed by atoms with E-state index in [1.165, 1.54) is 6.92 Å². The SMILES string of the molecule is CC(=O)N(O)CCCCCNC(=O)CCC(=O)N(O)CCCCCNC(=O)CCC(=O)N(O)CCCCCNC(=O)OC1CCC=CCCC1. The first-order valence-electron chi connectivity index (χ1n) is 18.1. The second-order valence-corrected chi connectivity index (χ2v) is 12.5. The first kappa shape index (κ1) is 44.3. The van der Waals surface area contributed by atoms with Crippen molar-refractivity contribution in [3.05, 3.63) is 12.2 Å². The Morgan fingerprint density at radius 3 is 1.56 bits per heavy atom. The largest absolute Gasteiger partial charge is 0.446 e. The molecule has 0 saturated carbocycles. The lowest BCUT2D eigenvalue weighted by molar-refractivity contribution is -0.166. The van der Waals surface area contributed by atoms with Gasteiger partial charge in [0.05, 0.1) is 0 Å². The second kappa shape index (κ2) is 28.0. The number of ether oxygens (including phenoxy) is 1. The molecule has 0 radical (unpaired) electrons. The van der Waals surface area contributed by atoms with Gasteiger partial charge in [0.2, 0.25) is 29.5 Å². The molecule has 0 saturated heterocycles. The number of nitrogens with one attached hydrogen (secondary N) is 3. The Kier molecular flexibility index (Phi) is 24.8. The summed E-state index contributed by atoms with van der Waals surface area (Å²) in [5.41, 5.74) is 0. The quantitative estimate of drug-likeness (QED) is 0.0350. The van der Waals surface area contributed by atoms with Gasteiger partial charge in [-0.3, -0.25) is 39.6 Å². The molecule has 0 aromatic heterocycles. The molecule has 0 fully saturated rings. The molecule has 1 rings (SSSR count). The number of unbranched alkanes of at least 4 members (excludes halogenated alkanes) is 6. The minimum absolute atomic E-state index is 0.0523. The number of hydrogen-bond donors (Lipinski definition) is 6. The molecule has 1 aliphatic rings. The summed E-state index contributed by atoms with van der Waals surface area (Å²) in [6.45, 7) is 2.95. The number of rotatable bonds is 25. The molecule has 286 valence electrons. The van der Waals surface area contributed by atoms with E-state index in [9.17, 15) is 44.4 Å². The Bertz CT molecular complexity index is 1060. The van der Waals surface area contributed by atoms with E-state index in [1.54, 1.807) is 0 Å². The van der Waals surface area contributed by atoms with Crippen molar-refractivity contribution in [2.45, 2.75) is 129 Å². The Morgan fingerprint density at radius 1 is 0.600 bits per heavy atom. The zero-order valence-electron chi connectivity index (χ0n) is 29.7. The Balaban J connectivity index is 1.99. The van der Waals surface area contributed by atoms with Crippen molar-refractivity contribution < 1.29 is 49.1 Å². The average Bonchev–Trinajstić information content (AvgIpc) is 3.07. The highest BCUT2D eigenvalue weighted by atomic mass is 16.6. The first-order valence-corrected chi connectivity index (χ1v) is 18.1. The number of hydroxylamine groups is 6. The molecule has 6 N–H and O–H groups in total. The minimum atomic E-state index is -0.559. The van der Waals surface area contributed by atoms with Gasteiger partial charge in [0.1, 0.15) is 6.10 Å². The number of alkyl carbamates (subject to hydrolysis) is 1. The number of amides is 6. The fourth-order valence-corrected chi connectivity index (χ4v) is 5.06. The smallest absolute Gasteiger partial charge is 0.407 e. The molecule has 6 amide bonds. The van der Waals surface area contributed by atoms with Gasteiger partial charge >= 0.3 is 6.09 Å². The molecule has 0 bridgehead atoms. The van der Waals surface area contributed by atoms with Crippen molar-refractivity contribution >= 4 is 35.6 Å². The van der Waals surface area contributed by atoms with Gasteiger partial charge in [-0.2, -0.15) is 0 Å². The molecule has 0 aromatic rings. The number of carbonyl (C=O) groups excluding carboxylic acids is 6. The van der Waals surface area contributed by atoms with Crippen molar-refractivity contribution in [1.29, 1.82) is 0 Å². The van der Waals surface area contributed by atoms with Gasteiger partial charge in [-0.05, 0) is 89.9 Å². The lowest BCUT2D eigenvalue weighted by atomic mass is 10.0. The molecule has 0 aromatic carbocycles. The molecule has 0 heterocycles. The molecule has 50 heavy (non-hydrogen) atoms. The van der Waals surface area contributed by atoms with Crippen molar-refractivity contribution in [3.8, 4) is 0 Å². The summed E-state index contributed by atoms with van der Waals surface area (Å²) in [5, 5.41) is 39.2. The fourth-order valence-electron chi connectivity index (χ4n) is 5.06. The van der Waals surface area contributed by atoms with Crippen molar-refractivity contribution in [2.24, 2.45) is 0 Å². The second-order valence-electron chi connectivity index (χ2n) is 12.5. The highest BCUT2D eigenvalue weighted by Crippen LogP contribution is 2.15. The first-order chi connectivity index (χ1) is 24.0. The third kappa shape index (κ3) is 23.6. The lowest BCUT2D eigenvalue weighted by Gasteiger charge is -2.18. The van der Waals surface area contributed by atoms with Gasteiger partial charge in [-0.1, -0.05) is 12.2 Å². The van der Waals surface area contributed by atoms with Crippen LogP contribution in [0.1, 0.15) is 122 Å². The van der Waals surface area contributed by atoms with Gasteiger partial charge in [-0.25, -0.2) is 20.0 Å². The highest BCUT2D eigenvalue weighted by Gasteiger charge is 2.16. The minimum Gasteiger partial charge on any atom is -0.446 e. The Morgan fingerprint density at radius 2 is 1.06 bits per heavy atom. The van der Waals surface area contributed by atoms with Crippen LogP contribution < -0.4 is 16.0 Å². The van der Waals surface area contributed by atoms with Gasteiger partial charge in [-0.15, -0.1) is 0 Å². The Labute approximate surface area is 295 Å². The monoisotopic (exact) mass is 712 g/mol. The summed E-state index contributed by atoms with van der Waals surface area (Å²) in [4.78, 5) is 71.1. The summed E-state index contributed by atoms with van der Waals surface area (Å²) >= 11 is 0. The van der Waals surface area contributed by atoms with E-state index < -0.39 is 23.8 Å². The van der Waals surface area contributed by atoms with Crippen molar-refractivity contribution in [1.82, 2.24) is 31.1 Å². The van der Waals surface area contributed by atoms with E-state index in [4.69, 9.17) is 4.74 Å². The average molecular weight is 713 g/mol. The zero-order valence-corrected chi connectivity index (χ0v) is 29.7. The molecule has 16 heteroatoms. The van der Waals surface area contributed by atoms with Crippen LogP contribution in [-0.4, -0.2) is 112 Å². The van der Waals surface area contributed by atoms with E-state index in [2.05, 4.69) is 28.1 Å². The van der Waals surface area contributed by atoms with Gasteiger partial charge < -0.3 is 20.7 Å². The molecule has 1 unspecified atom stereocenters. The van der Waals surface area contributed by atoms with Gasteiger partial charge in [0.15, 0.2) is 0 Å². The van der Waals surface area contributed by atoms with Gasteiger partial charge in [0.25, 0.3) is 0 Å². The third-order valence-electron chi connectivity index (χ3n) is 8.12. The molecule has 1 atom stereocenters. The van der Waals surface area contributed by atoms with E-state index in [0.717, 1.165) is 32.1 Å². The maximum atomic E-state index is 12.1. The van der Waals surface area contributed by atoms with Crippen LogP contribution in [0.25, 0.3) is 0 Å². The molecule has 16 nitrogen and oxygen atoms in total. The zero-order chi connectivity index (χ0) is 37.0. The lowest BCUT2D eigenvalue weighted by Crippen LogP contribution is -2.31. The fraction of sp³-hybridized carbons (Fsp3) is 0.765. The maximum absolute atomic E-state index is 12.1. The molecule has 1 aliphatic carbocycles. The maximum Gasteiger partial charge on any atom is 0.407 e. The normalized spacial score (nSPS) is 14.1. The predicted octanol–water partition coefficient (Wildman–Crippen LogP) is 3.58. The molecular formula is C34H60N6O10. The van der Waals surface area contributed by atoms with Crippen molar-refractivity contribution in [3.63, 3.8) is 0 Å². The summed E-state index contributed by atoms with van der Waals surface area (Å²) in [6.07, 6.45) is 13.7. The number of nitrogens with zero attached hydrogens (tertiary/aromatic N) is 3. The summed E-state index contributed by atoms with van der Waals surface area (Å²) in [5.74, 6) is -2.15. The number of carbonyl (C=O) groups is 6. The summed E-state index contributed by atoms with van der Waals surface area (Å²) in [7, 11) is 0. The summed E-state index contributed by atoms with van der Waals surface area (Å²) in [6, 6.07) is 0. The van der Waals surface area contributed by atoms with E-state index >= 15 is 0 Å². The van der Waals surface area contributed by atoms with E-state index in [1.807, 2.05) is 0 Å². The van der Waals surface area contributed by atoms with Crippen molar-refractivity contribution in [2.75, 3.05) is 39.3 Å². The van der Waals surface area contributed by atoms with Crippen LogP contribution >= 0.6 is 0 Å². The number of allylic oxidation sites excluding steroid dienone is 2. The van der Waals surface area contributed by atoms with Crippen LogP contribution in [0.5, 0.6) is 0 Å². The molecule has 0 aliphatic heterocycles. The van der Waals surface area contributed by atoms with Crippen LogP contribution in [-0.2, 0) is 28.7 Å². The van der Waals surface area contributed by atoms with E-state index in [-0.39, 0.29) is 63.2 Å². The Hall–Kier alpha value is -3.76. The topological polar surface area (TPSA) is 218 Å². The molecular weight excluding hydrogens is 652 g/mol. The van der Waals surface area contributed by atoms with E-state index in [0.29, 0.717) is 92.6 Å². The number of hydrogen-bond acceptors (Lipinski definition) is 10. The third-order valence-corrected chi connectivity index (χ3v) is 8.12. The standard InChI is InChI=1S/C34H60N6O10/c1-28(41)38(47)25-13-5-10-22-35-30(42)18-20-32(44)39(48)26-14-6-11-23-36-31(43)19-21-33(45)40(49)27-15-7-12-24-37-34(46)50-29-16-8-3-2-4-9-17-29/h2-3,29,47-49H,4-27H2,1H3,(H,35,42)(H,36,43)(H,37,46). The van der Waals surface area contributed by atoms with Crippen LogP contribution in [0.2, 0.25) is 0 Å². The predicted molar refractivity (Wildman–Crippen MR) is 183 cm³/mol. The van der Waals surface area contributed by atoms with Crippen LogP contribution in [0, 0.1) is 0 Å². The van der Waals surface area contributed by atoms with Crippen LogP contribution in [0.15, 0.2) is 12.2 Å². The molecule has 0 spiro atoms. The highest BCUT2D eigenvalue weighted by molar-refractivity contribution is 5.83.